The van der Waals surface area contributed by atoms with Crippen molar-refractivity contribution in [2.24, 2.45) is 17.6 Å². The Bertz CT molecular complexity index is 3660. The number of aromatic nitrogens is 8. The Hall–Kier alpha value is -8.35. The van der Waals surface area contributed by atoms with Gasteiger partial charge in [0, 0.05) is 49.8 Å². The fraction of sp³-hybridized carbons (Fsp3) is 0.510. The molecular formula is C51H67N17O20P2. The number of nitrogens with two attached hydrogens (primary N) is 3. The molecule has 4 aliphatic heterocycles. The van der Waals surface area contributed by atoms with Gasteiger partial charge in [0.25, 0.3) is 17.4 Å². The SMILES string of the molecule is CC(C)C(NC(=O)CCCCCN1C(=O)C=CC1=O)C(=O)NC(CCCNC(N)=O)C(=O)Nc1ccc(COC(=O)NCCC2C3OP(=O)(O)OC[C@H]4O[C@@H](n5cnc6c(N)ncnc65)C(O)C4OP(=O)(O)OC[C@H]2O[C@H]3n2cnc3c(=O)[nH]c(N)nc32)cc1. The average molecular weight is 1300 g/mol. The lowest BCUT2D eigenvalue weighted by Crippen LogP contribution is -2.54. The minimum Gasteiger partial charge on any atom is -0.445 e. The van der Waals surface area contributed by atoms with Gasteiger partial charge in [0.2, 0.25) is 23.7 Å². The summed E-state index contributed by atoms with van der Waals surface area (Å²) < 4.78 is 70.3. The zero-order valence-electron chi connectivity index (χ0n) is 48.2. The Balaban J connectivity index is 0.818. The molecule has 4 aromatic heterocycles. The van der Waals surface area contributed by atoms with Crippen LogP contribution in [0.2, 0.25) is 0 Å². The molecule has 0 radical (unpaired) electrons. The average Bonchev–Trinajstić information content (AvgIpc) is 1.63. The first-order valence-corrected chi connectivity index (χ1v) is 31.3. The molecule has 90 heavy (non-hydrogen) atoms. The van der Waals surface area contributed by atoms with Gasteiger partial charge in [-0.1, -0.05) is 32.4 Å². The van der Waals surface area contributed by atoms with Crippen molar-refractivity contribution in [1.29, 1.82) is 0 Å². The van der Waals surface area contributed by atoms with E-state index in [0.29, 0.717) is 24.8 Å². The number of imide groups is 1. The van der Waals surface area contributed by atoms with Gasteiger partial charge in [-0.25, -0.2) is 38.7 Å². The number of imidazole rings is 2. The van der Waals surface area contributed by atoms with Crippen LogP contribution in [0.15, 0.2) is 60.2 Å². The minimum absolute atomic E-state index is 0.00690. The Morgan fingerprint density at radius 1 is 0.789 bits per heavy atom. The summed E-state index contributed by atoms with van der Waals surface area (Å²) >= 11 is 0. The highest BCUT2D eigenvalue weighted by Crippen LogP contribution is 2.55. The van der Waals surface area contributed by atoms with Gasteiger partial charge in [0.1, 0.15) is 55.0 Å². The normalized spacial score (nSPS) is 25.9. The minimum atomic E-state index is -5.30. The quantitative estimate of drug-likeness (QED) is 0.0227. The first kappa shape index (κ1) is 66.1. The van der Waals surface area contributed by atoms with E-state index in [1.807, 2.05) is 0 Å². The first-order valence-electron chi connectivity index (χ1n) is 28.3. The third-order valence-electron chi connectivity index (χ3n) is 14.9. The molecule has 12 atom stereocenters. The predicted molar refractivity (Wildman–Crippen MR) is 309 cm³/mol. The molecule has 37 nitrogen and oxygen atoms in total. The van der Waals surface area contributed by atoms with Gasteiger partial charge in [-0.05, 0) is 55.7 Å². The highest BCUT2D eigenvalue weighted by molar-refractivity contribution is 7.47. The summed E-state index contributed by atoms with van der Waals surface area (Å²) in [5, 5.41) is 24.7. The highest BCUT2D eigenvalue weighted by atomic mass is 31.2. The summed E-state index contributed by atoms with van der Waals surface area (Å²) in [4.78, 5) is 148. The number of hydrogen-bond acceptors (Lipinski definition) is 25. The topological polar surface area (TPSA) is 528 Å². The Kier molecular flexibility index (Phi) is 21.0. The van der Waals surface area contributed by atoms with Crippen molar-refractivity contribution < 1.29 is 89.9 Å². The van der Waals surface area contributed by atoms with Gasteiger partial charge in [0.05, 0.1) is 32.0 Å². The molecule has 5 aromatic rings. The monoisotopic (exact) mass is 1300 g/mol. The molecule has 0 aliphatic carbocycles. The van der Waals surface area contributed by atoms with Crippen LogP contribution in [0.5, 0.6) is 0 Å². The molecule has 1 aromatic carbocycles. The van der Waals surface area contributed by atoms with E-state index in [1.54, 1.807) is 26.0 Å². The summed E-state index contributed by atoms with van der Waals surface area (Å²) in [6, 6.07) is 3.12. The van der Waals surface area contributed by atoms with Crippen molar-refractivity contribution in [2.45, 2.75) is 120 Å². The number of phosphoric acid groups is 2. The maximum Gasteiger partial charge on any atom is 0.472 e. The van der Waals surface area contributed by atoms with Crippen LogP contribution in [0.1, 0.15) is 76.8 Å². The third kappa shape index (κ3) is 16.2. The van der Waals surface area contributed by atoms with Crippen LogP contribution in [0.3, 0.4) is 0 Å². The number of aromatic amines is 1. The van der Waals surface area contributed by atoms with Crippen LogP contribution >= 0.6 is 15.6 Å². The second kappa shape index (κ2) is 28.6. The first-order chi connectivity index (χ1) is 42.8. The molecule has 39 heteroatoms. The summed E-state index contributed by atoms with van der Waals surface area (Å²) in [5.41, 5.74) is 16.9. The lowest BCUT2D eigenvalue weighted by atomic mass is 9.94. The number of rotatable bonds is 23. The number of nitrogens with one attached hydrogen (secondary N) is 6. The number of phosphoric ester groups is 2. The van der Waals surface area contributed by atoms with Gasteiger partial charge in [0.15, 0.2) is 35.1 Å². The number of amides is 8. The van der Waals surface area contributed by atoms with E-state index in [9.17, 15) is 62.4 Å². The van der Waals surface area contributed by atoms with E-state index >= 15 is 0 Å². The highest BCUT2D eigenvalue weighted by Gasteiger charge is 2.54. The molecule has 8 heterocycles. The fourth-order valence-electron chi connectivity index (χ4n) is 10.4. The number of carbonyl (C=O) groups is 7. The number of anilines is 3. The number of benzene rings is 1. The summed E-state index contributed by atoms with van der Waals surface area (Å²) in [5.74, 6) is -4.37. The smallest absolute Gasteiger partial charge is 0.445 e. The van der Waals surface area contributed by atoms with Crippen LogP contribution in [-0.2, 0) is 72.0 Å². The number of nitrogens with zero attached hydrogens (tertiary/aromatic N) is 8. The lowest BCUT2D eigenvalue weighted by molar-refractivity contribution is -0.137. The standard InChI is InChI=1S/C51H67N17O20P2/c1-25(2)35(63-32(69)8-4-3-5-18-66-33(70)13-14-34(66)71)45(74)62-29(7-6-16-55-50(54)76)44(73)61-27-11-9-26(10-12-27)19-82-51(77)56-17-15-28-30-20-83-90(80,81)88-40-31(86-47(38(40)72)67-23-59-36-41(52)57-22-58-42(36)67)21-84-89(78,79)87-39(28)48(85-30)68-24-60-37-43(68)64-49(53)65-46(37)75/h9-14,22-25,28-31,35,38-40,47-48,72H,3-8,15-21H2,1-2H3,(H,56,77)(H,61,73)(H,62,74)(H,63,69)(H,78,79)(H,80,81)(H2,52,57,58)(H3,54,55,76)(H3,53,64,65,75)/t28?,29?,30-,31-,35?,38?,39?,40?,47-,48-/m1/s1. The second-order valence-corrected chi connectivity index (χ2v) is 24.4. The molecule has 2 bridgehead atoms. The number of fused-ring (bicyclic) bond motifs is 5. The molecule has 0 spiro atoms. The molecule has 486 valence electrons. The second-order valence-electron chi connectivity index (χ2n) is 21.5. The van der Waals surface area contributed by atoms with Gasteiger partial charge < -0.3 is 72.9 Å². The Labute approximate surface area is 509 Å². The number of aliphatic hydroxyl groups is 1. The van der Waals surface area contributed by atoms with Gasteiger partial charge in [-0.2, -0.15) is 4.98 Å². The number of urea groups is 1. The maximum absolute atomic E-state index is 14.1. The zero-order valence-corrected chi connectivity index (χ0v) is 50.0. The number of aliphatic hydroxyl groups excluding tert-OH is 1. The number of unbranched alkanes of at least 4 members (excludes halogenated alkanes) is 2. The third-order valence-corrected chi connectivity index (χ3v) is 16.9. The van der Waals surface area contributed by atoms with Crippen LogP contribution in [0.25, 0.3) is 22.3 Å². The number of ether oxygens (including phenoxy) is 3. The number of nitrogen functional groups attached to an aromatic ring is 2. The van der Waals surface area contributed by atoms with E-state index in [4.69, 9.17) is 49.5 Å². The van der Waals surface area contributed by atoms with E-state index in [2.05, 4.69) is 56.5 Å². The number of primary amides is 1. The van der Waals surface area contributed by atoms with Crippen molar-refractivity contribution in [3.63, 3.8) is 0 Å². The molecule has 3 saturated heterocycles. The summed E-state index contributed by atoms with van der Waals surface area (Å²) in [6.45, 7) is 1.46. The molecule has 3 fully saturated rings. The van der Waals surface area contributed by atoms with E-state index in [-0.39, 0.29) is 91.7 Å². The van der Waals surface area contributed by atoms with Crippen molar-refractivity contribution in [1.82, 2.24) is 65.2 Å². The number of alkyl carbamates (subject to hydrolysis) is 1. The number of hydrogen-bond donors (Lipinski definition) is 12. The van der Waals surface area contributed by atoms with Crippen molar-refractivity contribution >= 4 is 97.1 Å². The van der Waals surface area contributed by atoms with Gasteiger partial charge in [-0.15, -0.1) is 0 Å². The van der Waals surface area contributed by atoms with Crippen molar-refractivity contribution in [2.75, 3.05) is 49.6 Å². The zero-order chi connectivity index (χ0) is 64.6. The molecule has 8 unspecified atom stereocenters. The Morgan fingerprint density at radius 3 is 2.16 bits per heavy atom. The van der Waals surface area contributed by atoms with Crippen LogP contribution < -0.4 is 49.3 Å². The predicted octanol–water partition coefficient (Wildman–Crippen LogP) is -0.272. The molecule has 0 saturated carbocycles. The van der Waals surface area contributed by atoms with Crippen LogP contribution in [-0.4, -0.2) is 176 Å². The van der Waals surface area contributed by atoms with E-state index in [1.165, 1.54) is 39.7 Å². The summed E-state index contributed by atoms with van der Waals surface area (Å²) in [6.07, 6.45) is -4.58. The number of carbonyl (C=O) groups excluding carboxylic acids is 7. The van der Waals surface area contributed by atoms with Crippen LogP contribution in [0, 0.1) is 11.8 Å². The van der Waals surface area contributed by atoms with E-state index in [0.717, 1.165) is 17.6 Å². The molecule has 8 amide bonds. The van der Waals surface area contributed by atoms with Crippen molar-refractivity contribution in [3.05, 3.63) is 71.3 Å². The van der Waals surface area contributed by atoms with Gasteiger partial charge >= 0.3 is 27.8 Å². The molecule has 9 rings (SSSR count). The summed E-state index contributed by atoms with van der Waals surface area (Å²) in [7, 11) is -10.5. The fourth-order valence-corrected chi connectivity index (χ4v) is 12.3. The van der Waals surface area contributed by atoms with Gasteiger partial charge in [-0.3, -0.25) is 65.9 Å². The van der Waals surface area contributed by atoms with Crippen molar-refractivity contribution in [3.8, 4) is 0 Å². The maximum atomic E-state index is 14.1. The Morgan fingerprint density at radius 2 is 1.46 bits per heavy atom. The molecular weight excluding hydrogens is 1230 g/mol. The lowest BCUT2D eigenvalue weighted by Gasteiger charge is -2.27. The molecule has 15 N–H and O–H groups in total. The largest absolute Gasteiger partial charge is 0.472 e. The van der Waals surface area contributed by atoms with E-state index < -0.39 is 143 Å². The van der Waals surface area contributed by atoms with Crippen LogP contribution in [0.4, 0.5) is 27.0 Å². The molecule has 4 aliphatic rings. The number of H-pyrrole nitrogens is 1.